The summed E-state index contributed by atoms with van der Waals surface area (Å²) in [4.78, 5) is 22.0. The van der Waals surface area contributed by atoms with Crippen LogP contribution in [0.5, 0.6) is 0 Å². The van der Waals surface area contributed by atoms with Crippen molar-refractivity contribution in [2.45, 2.75) is 31.8 Å². The first-order valence-corrected chi connectivity index (χ1v) is 4.95. The molecule has 0 aliphatic heterocycles. The summed E-state index contributed by atoms with van der Waals surface area (Å²) in [6, 6.07) is -1.11. The van der Waals surface area contributed by atoms with E-state index in [-0.39, 0.29) is 12.5 Å². The Kier molecular flexibility index (Phi) is 3.71. The van der Waals surface area contributed by atoms with Crippen molar-refractivity contribution in [1.29, 1.82) is 0 Å². The van der Waals surface area contributed by atoms with E-state index in [4.69, 9.17) is 5.11 Å². The second-order valence-corrected chi connectivity index (χ2v) is 3.85. The molecule has 5 heteroatoms. The highest BCUT2D eigenvalue weighted by Gasteiger charge is 2.34. The molecular weight excluding hydrogens is 196 g/mol. The van der Waals surface area contributed by atoms with Crippen LogP contribution in [0.4, 0.5) is 4.79 Å². The fourth-order valence-electron chi connectivity index (χ4n) is 1.28. The van der Waals surface area contributed by atoms with Crippen LogP contribution in [-0.2, 0) is 4.79 Å². The average Bonchev–Trinajstić information content (AvgIpc) is 2.80. The highest BCUT2D eigenvalue weighted by molar-refractivity contribution is 5.82. The fraction of sp³-hybridized carbons (Fsp3) is 0.600. The molecule has 0 bridgehead atoms. The van der Waals surface area contributed by atoms with Crippen molar-refractivity contribution in [1.82, 2.24) is 10.6 Å². The normalized spacial score (nSPS) is 25.1. The van der Waals surface area contributed by atoms with Gasteiger partial charge in [-0.2, -0.15) is 0 Å². The van der Waals surface area contributed by atoms with E-state index in [1.54, 1.807) is 0 Å². The van der Waals surface area contributed by atoms with E-state index < -0.39 is 18.0 Å². The summed E-state index contributed by atoms with van der Waals surface area (Å²) in [6.07, 6.45) is 2.66. The van der Waals surface area contributed by atoms with Crippen LogP contribution >= 0.6 is 0 Å². The predicted octanol–water partition coefficient (Wildman–Crippen LogP) is 0.723. The predicted molar refractivity (Wildman–Crippen MR) is 55.5 cm³/mol. The van der Waals surface area contributed by atoms with E-state index in [1.165, 1.54) is 6.08 Å². The minimum Gasteiger partial charge on any atom is -0.480 e. The molecule has 1 aliphatic carbocycles. The number of carbonyl (C=O) groups is 2. The van der Waals surface area contributed by atoms with Gasteiger partial charge < -0.3 is 15.7 Å². The molecule has 5 nitrogen and oxygen atoms in total. The lowest BCUT2D eigenvalue weighted by Crippen LogP contribution is -2.46. The van der Waals surface area contributed by atoms with Crippen LogP contribution < -0.4 is 10.6 Å². The van der Waals surface area contributed by atoms with Gasteiger partial charge in [0.25, 0.3) is 0 Å². The maximum atomic E-state index is 11.3. The molecule has 1 rings (SSSR count). The second-order valence-electron chi connectivity index (χ2n) is 3.85. The van der Waals surface area contributed by atoms with Gasteiger partial charge in [0.2, 0.25) is 0 Å². The standard InChI is InChI=1S/C10H16N2O3/c1-3-4-7(9(13)14)11-10(15)12-8-5-6(8)2/h3,6-8H,1,4-5H2,2H3,(H,13,14)(H2,11,12,15). The first kappa shape index (κ1) is 11.6. The second kappa shape index (κ2) is 4.82. The van der Waals surface area contributed by atoms with E-state index in [9.17, 15) is 9.59 Å². The largest absolute Gasteiger partial charge is 0.480 e. The van der Waals surface area contributed by atoms with Crippen molar-refractivity contribution >= 4 is 12.0 Å². The number of nitrogens with one attached hydrogen (secondary N) is 2. The minimum absolute atomic E-state index is 0.197. The third kappa shape index (κ3) is 3.61. The first-order valence-electron chi connectivity index (χ1n) is 4.95. The van der Waals surface area contributed by atoms with Gasteiger partial charge in [-0.1, -0.05) is 13.0 Å². The van der Waals surface area contributed by atoms with Crippen LogP contribution in [0.1, 0.15) is 19.8 Å². The van der Waals surface area contributed by atoms with Gasteiger partial charge in [-0.05, 0) is 18.8 Å². The van der Waals surface area contributed by atoms with Crippen LogP contribution in [0.15, 0.2) is 12.7 Å². The fourth-order valence-corrected chi connectivity index (χ4v) is 1.28. The zero-order valence-electron chi connectivity index (χ0n) is 8.69. The summed E-state index contributed by atoms with van der Waals surface area (Å²) < 4.78 is 0. The van der Waals surface area contributed by atoms with Gasteiger partial charge in [-0.15, -0.1) is 6.58 Å². The lowest BCUT2D eigenvalue weighted by Gasteiger charge is -2.13. The van der Waals surface area contributed by atoms with Crippen LogP contribution in [-0.4, -0.2) is 29.2 Å². The number of carbonyl (C=O) groups excluding carboxylic acids is 1. The molecule has 0 aromatic carbocycles. The Bertz CT molecular complexity index is 278. The Balaban J connectivity index is 2.33. The third-order valence-corrected chi connectivity index (χ3v) is 2.43. The number of rotatable bonds is 5. The Morgan fingerprint density at radius 2 is 2.27 bits per heavy atom. The minimum atomic E-state index is -1.05. The monoisotopic (exact) mass is 212 g/mol. The maximum Gasteiger partial charge on any atom is 0.326 e. The highest BCUT2D eigenvalue weighted by Crippen LogP contribution is 2.28. The molecule has 3 unspecified atom stereocenters. The molecule has 15 heavy (non-hydrogen) atoms. The van der Waals surface area contributed by atoms with Gasteiger partial charge in [-0.3, -0.25) is 0 Å². The Hall–Kier alpha value is -1.52. The molecule has 84 valence electrons. The molecule has 0 radical (unpaired) electrons. The SMILES string of the molecule is C=CCC(NC(=O)NC1CC1C)C(=O)O. The molecule has 1 aliphatic rings. The van der Waals surface area contributed by atoms with Crippen molar-refractivity contribution in [3.05, 3.63) is 12.7 Å². The number of hydrogen-bond acceptors (Lipinski definition) is 2. The molecule has 1 saturated carbocycles. The molecule has 2 amide bonds. The van der Waals surface area contributed by atoms with Crippen LogP contribution in [0.25, 0.3) is 0 Å². The van der Waals surface area contributed by atoms with Crippen molar-refractivity contribution in [2.75, 3.05) is 0 Å². The van der Waals surface area contributed by atoms with Crippen molar-refractivity contribution < 1.29 is 14.7 Å². The summed E-state index contributed by atoms with van der Waals surface area (Å²) in [5.74, 6) is -0.549. The molecule has 0 saturated heterocycles. The Morgan fingerprint density at radius 1 is 1.67 bits per heavy atom. The number of carboxylic acid groups (broad SMARTS) is 1. The maximum absolute atomic E-state index is 11.3. The van der Waals surface area contributed by atoms with Gasteiger partial charge in [0.05, 0.1) is 0 Å². The van der Waals surface area contributed by atoms with Crippen molar-refractivity contribution in [3.63, 3.8) is 0 Å². The zero-order chi connectivity index (χ0) is 11.4. The highest BCUT2D eigenvalue weighted by atomic mass is 16.4. The van der Waals surface area contributed by atoms with Gasteiger partial charge in [-0.25, -0.2) is 9.59 Å². The number of carboxylic acids is 1. The third-order valence-electron chi connectivity index (χ3n) is 2.43. The average molecular weight is 212 g/mol. The smallest absolute Gasteiger partial charge is 0.326 e. The first-order chi connectivity index (χ1) is 7.04. The van der Waals surface area contributed by atoms with Gasteiger partial charge in [0.1, 0.15) is 6.04 Å². The van der Waals surface area contributed by atoms with E-state index in [2.05, 4.69) is 17.2 Å². The lowest BCUT2D eigenvalue weighted by atomic mass is 10.2. The molecular formula is C10H16N2O3. The van der Waals surface area contributed by atoms with Gasteiger partial charge >= 0.3 is 12.0 Å². The summed E-state index contributed by atoms with van der Waals surface area (Å²) in [7, 11) is 0. The topological polar surface area (TPSA) is 78.4 Å². The van der Waals surface area contributed by atoms with E-state index in [0.29, 0.717) is 5.92 Å². The van der Waals surface area contributed by atoms with E-state index in [1.807, 2.05) is 6.92 Å². The van der Waals surface area contributed by atoms with Crippen LogP contribution in [0.2, 0.25) is 0 Å². The van der Waals surface area contributed by atoms with Gasteiger partial charge in [0, 0.05) is 6.04 Å². The Labute approximate surface area is 88.5 Å². The number of aliphatic carboxylic acids is 1. The quantitative estimate of drug-likeness (QED) is 0.588. The summed E-state index contributed by atoms with van der Waals surface area (Å²) >= 11 is 0. The van der Waals surface area contributed by atoms with Crippen LogP contribution in [0, 0.1) is 5.92 Å². The van der Waals surface area contributed by atoms with Gasteiger partial charge in [0.15, 0.2) is 0 Å². The molecule has 0 spiro atoms. The van der Waals surface area contributed by atoms with Crippen LogP contribution in [0.3, 0.4) is 0 Å². The molecule has 3 atom stereocenters. The molecule has 1 fully saturated rings. The van der Waals surface area contributed by atoms with Crippen molar-refractivity contribution in [2.24, 2.45) is 5.92 Å². The van der Waals surface area contributed by atoms with E-state index in [0.717, 1.165) is 6.42 Å². The van der Waals surface area contributed by atoms with E-state index >= 15 is 0 Å². The molecule has 0 heterocycles. The summed E-state index contributed by atoms with van der Waals surface area (Å²) in [5.41, 5.74) is 0. The summed E-state index contributed by atoms with van der Waals surface area (Å²) in [5, 5.41) is 13.9. The lowest BCUT2D eigenvalue weighted by molar-refractivity contribution is -0.139. The number of amides is 2. The number of hydrogen-bond donors (Lipinski definition) is 3. The molecule has 0 aromatic rings. The number of urea groups is 1. The molecule has 3 N–H and O–H groups in total. The van der Waals surface area contributed by atoms with Crippen molar-refractivity contribution in [3.8, 4) is 0 Å². The Morgan fingerprint density at radius 3 is 2.67 bits per heavy atom. The zero-order valence-corrected chi connectivity index (χ0v) is 8.69. The summed E-state index contributed by atoms with van der Waals surface area (Å²) in [6.45, 7) is 5.47. The molecule has 0 aromatic heterocycles.